The van der Waals surface area contributed by atoms with Crippen LogP contribution in [0.4, 0.5) is 0 Å². The van der Waals surface area contributed by atoms with Crippen LogP contribution in [0.3, 0.4) is 0 Å². The van der Waals surface area contributed by atoms with Gasteiger partial charge in [0.25, 0.3) is 0 Å². The molecule has 2 aliphatic heterocycles. The molecule has 32 heavy (non-hydrogen) atoms. The number of hydrogen-bond acceptors (Lipinski definition) is 6. The molecule has 1 unspecified atom stereocenters. The summed E-state index contributed by atoms with van der Waals surface area (Å²) in [5, 5.41) is 6.97. The molecular formula is C23H39IN4O4. The second kappa shape index (κ2) is 14.8. The fourth-order valence-corrected chi connectivity index (χ4v) is 4.07. The van der Waals surface area contributed by atoms with Crippen LogP contribution >= 0.6 is 24.0 Å². The summed E-state index contributed by atoms with van der Waals surface area (Å²) < 4.78 is 22.1. The van der Waals surface area contributed by atoms with E-state index in [1.165, 1.54) is 5.56 Å². The van der Waals surface area contributed by atoms with Crippen LogP contribution < -0.4 is 20.1 Å². The van der Waals surface area contributed by atoms with Gasteiger partial charge in [-0.05, 0) is 43.4 Å². The van der Waals surface area contributed by atoms with Crippen molar-refractivity contribution < 1.29 is 18.9 Å². The van der Waals surface area contributed by atoms with Crippen molar-refractivity contribution in [3.05, 3.63) is 23.8 Å². The van der Waals surface area contributed by atoms with Crippen LogP contribution in [-0.4, -0.2) is 83.7 Å². The fraction of sp³-hybridized carbons (Fsp3) is 0.696. The summed E-state index contributed by atoms with van der Waals surface area (Å²) in [4.78, 5) is 6.82. The second-order valence-electron chi connectivity index (χ2n) is 8.12. The highest BCUT2D eigenvalue weighted by atomic mass is 127. The number of aliphatic imine (C=N–C) groups is 1. The first-order valence-electron chi connectivity index (χ1n) is 11.3. The monoisotopic (exact) mass is 562 g/mol. The Labute approximate surface area is 209 Å². The summed E-state index contributed by atoms with van der Waals surface area (Å²) in [6, 6.07) is 6.44. The van der Waals surface area contributed by atoms with Gasteiger partial charge in [-0.25, -0.2) is 0 Å². The standard InChI is InChI=1S/C23H38N4O4.HI/c1-24-23(25-8-4-10-31-20-6-11-30-12-7-20)26-19-5-9-27(17-19)16-18-13-21(28-2)15-22(14-18)29-3;/h13-15,19-20H,4-12,16-17H2,1-3H3,(H2,24,25,26);1H. The Morgan fingerprint density at radius 1 is 1.12 bits per heavy atom. The maximum atomic E-state index is 5.93. The molecule has 0 bridgehead atoms. The van der Waals surface area contributed by atoms with E-state index in [-0.39, 0.29) is 24.0 Å². The topological polar surface area (TPSA) is 76.6 Å². The van der Waals surface area contributed by atoms with Gasteiger partial charge in [0, 0.05) is 65.2 Å². The van der Waals surface area contributed by atoms with Crippen molar-refractivity contribution in [2.45, 2.75) is 44.4 Å². The van der Waals surface area contributed by atoms with Gasteiger partial charge >= 0.3 is 0 Å². The van der Waals surface area contributed by atoms with E-state index in [1.54, 1.807) is 14.2 Å². The summed E-state index contributed by atoms with van der Waals surface area (Å²) in [6.45, 7) is 6.17. The molecule has 0 aliphatic carbocycles. The number of likely N-dealkylation sites (tertiary alicyclic amines) is 1. The van der Waals surface area contributed by atoms with E-state index in [1.807, 2.05) is 13.1 Å². The van der Waals surface area contributed by atoms with Crippen LogP contribution in [0.2, 0.25) is 0 Å². The SMILES string of the molecule is CN=C(NCCCOC1CCOCC1)NC1CCN(Cc2cc(OC)cc(OC)c2)C1.I. The van der Waals surface area contributed by atoms with Crippen molar-refractivity contribution in [1.29, 1.82) is 0 Å². The Bertz CT molecular complexity index is 678. The third-order valence-corrected chi connectivity index (χ3v) is 5.79. The first-order valence-corrected chi connectivity index (χ1v) is 11.3. The Balaban J connectivity index is 0.00000363. The molecule has 1 aromatic rings. The molecule has 2 N–H and O–H groups in total. The van der Waals surface area contributed by atoms with Crippen molar-refractivity contribution in [1.82, 2.24) is 15.5 Å². The van der Waals surface area contributed by atoms with E-state index < -0.39 is 0 Å². The lowest BCUT2D eigenvalue weighted by molar-refractivity contribution is -0.0320. The average Bonchev–Trinajstić information content (AvgIpc) is 3.25. The van der Waals surface area contributed by atoms with Crippen molar-refractivity contribution in [2.75, 3.05) is 60.7 Å². The zero-order valence-corrected chi connectivity index (χ0v) is 21.9. The van der Waals surface area contributed by atoms with Gasteiger partial charge in [-0.1, -0.05) is 0 Å². The zero-order chi connectivity index (χ0) is 21.9. The smallest absolute Gasteiger partial charge is 0.191 e. The normalized spacial score (nSPS) is 20.0. The van der Waals surface area contributed by atoms with Crippen molar-refractivity contribution in [2.24, 2.45) is 4.99 Å². The third-order valence-electron chi connectivity index (χ3n) is 5.79. The van der Waals surface area contributed by atoms with Crippen LogP contribution in [-0.2, 0) is 16.0 Å². The minimum absolute atomic E-state index is 0. The number of nitrogens with zero attached hydrogens (tertiary/aromatic N) is 2. The van der Waals surface area contributed by atoms with Gasteiger partial charge in [0.15, 0.2) is 5.96 Å². The van der Waals surface area contributed by atoms with E-state index in [9.17, 15) is 0 Å². The molecule has 0 saturated carbocycles. The number of methoxy groups -OCH3 is 2. The average molecular weight is 562 g/mol. The Morgan fingerprint density at radius 2 is 1.84 bits per heavy atom. The molecule has 2 fully saturated rings. The lowest BCUT2D eigenvalue weighted by Crippen LogP contribution is -2.45. The quantitative estimate of drug-likeness (QED) is 0.197. The summed E-state index contributed by atoms with van der Waals surface area (Å²) in [5.41, 5.74) is 1.20. The Morgan fingerprint density at radius 3 is 2.50 bits per heavy atom. The molecule has 3 rings (SSSR count). The fourth-order valence-electron chi connectivity index (χ4n) is 4.07. The highest BCUT2D eigenvalue weighted by molar-refractivity contribution is 14.0. The highest BCUT2D eigenvalue weighted by Gasteiger charge is 2.23. The van der Waals surface area contributed by atoms with Gasteiger partial charge in [0.1, 0.15) is 11.5 Å². The maximum Gasteiger partial charge on any atom is 0.191 e. The number of benzene rings is 1. The number of ether oxygens (including phenoxy) is 4. The Kier molecular flexibility index (Phi) is 12.4. The number of nitrogens with one attached hydrogen (secondary N) is 2. The predicted molar refractivity (Wildman–Crippen MR) is 138 cm³/mol. The first kappa shape index (κ1) is 26.9. The predicted octanol–water partition coefficient (Wildman–Crippen LogP) is 2.65. The van der Waals surface area contributed by atoms with Crippen molar-refractivity contribution in [3.63, 3.8) is 0 Å². The van der Waals surface area contributed by atoms with E-state index in [4.69, 9.17) is 18.9 Å². The molecule has 1 atom stereocenters. The summed E-state index contributed by atoms with van der Waals surface area (Å²) >= 11 is 0. The van der Waals surface area contributed by atoms with Gasteiger partial charge in [0.05, 0.1) is 20.3 Å². The second-order valence-corrected chi connectivity index (χ2v) is 8.12. The highest BCUT2D eigenvalue weighted by Crippen LogP contribution is 2.24. The van der Waals surface area contributed by atoms with Gasteiger partial charge < -0.3 is 29.6 Å². The minimum atomic E-state index is 0. The van der Waals surface area contributed by atoms with Crippen LogP contribution in [0.5, 0.6) is 11.5 Å². The number of rotatable bonds is 10. The summed E-state index contributed by atoms with van der Waals surface area (Å²) in [7, 11) is 5.19. The molecule has 2 heterocycles. The molecule has 2 saturated heterocycles. The molecule has 8 nitrogen and oxygen atoms in total. The minimum Gasteiger partial charge on any atom is -0.497 e. The molecule has 1 aromatic carbocycles. The van der Waals surface area contributed by atoms with Crippen LogP contribution in [0.1, 0.15) is 31.2 Å². The Hall–Kier alpha value is -1.30. The number of halogens is 1. The number of guanidine groups is 1. The lowest BCUT2D eigenvalue weighted by atomic mass is 10.1. The zero-order valence-electron chi connectivity index (χ0n) is 19.6. The van der Waals surface area contributed by atoms with Gasteiger partial charge in [-0.2, -0.15) is 0 Å². The van der Waals surface area contributed by atoms with E-state index in [2.05, 4.69) is 32.7 Å². The van der Waals surface area contributed by atoms with E-state index in [0.717, 1.165) is 89.1 Å². The molecule has 0 aromatic heterocycles. The van der Waals surface area contributed by atoms with Crippen molar-refractivity contribution in [3.8, 4) is 11.5 Å². The molecule has 2 aliphatic rings. The van der Waals surface area contributed by atoms with Crippen LogP contribution in [0.15, 0.2) is 23.2 Å². The molecular weight excluding hydrogens is 523 g/mol. The molecule has 182 valence electrons. The third kappa shape index (κ3) is 8.92. The molecule has 0 spiro atoms. The maximum absolute atomic E-state index is 5.93. The molecule has 0 amide bonds. The van der Waals surface area contributed by atoms with Crippen molar-refractivity contribution >= 4 is 29.9 Å². The van der Waals surface area contributed by atoms with Gasteiger partial charge in [0.2, 0.25) is 0 Å². The molecule has 0 radical (unpaired) electrons. The van der Waals surface area contributed by atoms with E-state index >= 15 is 0 Å². The van der Waals surface area contributed by atoms with Gasteiger partial charge in [-0.15, -0.1) is 24.0 Å². The lowest BCUT2D eigenvalue weighted by Gasteiger charge is -2.22. The summed E-state index contributed by atoms with van der Waals surface area (Å²) in [5.74, 6) is 2.52. The first-order chi connectivity index (χ1) is 15.2. The van der Waals surface area contributed by atoms with Crippen LogP contribution in [0.25, 0.3) is 0 Å². The van der Waals surface area contributed by atoms with Crippen LogP contribution in [0, 0.1) is 0 Å². The molecule has 9 heteroatoms. The van der Waals surface area contributed by atoms with Gasteiger partial charge in [-0.3, -0.25) is 9.89 Å². The van der Waals surface area contributed by atoms with E-state index in [0.29, 0.717) is 12.1 Å². The number of hydrogen-bond donors (Lipinski definition) is 2. The summed E-state index contributed by atoms with van der Waals surface area (Å²) in [6.07, 6.45) is 4.44. The largest absolute Gasteiger partial charge is 0.497 e.